The summed E-state index contributed by atoms with van der Waals surface area (Å²) >= 11 is 1.96. The fraction of sp³-hybridized carbons (Fsp3) is 0.531. The summed E-state index contributed by atoms with van der Waals surface area (Å²) in [5.74, 6) is 3.19. The average Bonchev–Trinajstić information content (AvgIpc) is 3.22. The van der Waals surface area contributed by atoms with Gasteiger partial charge in [-0.3, -0.25) is 5.01 Å². The molecule has 0 saturated heterocycles. The third-order valence-electron chi connectivity index (χ3n) is 8.01. The minimum atomic E-state index is 0.336. The lowest BCUT2D eigenvalue weighted by Gasteiger charge is -2.34. The summed E-state index contributed by atoms with van der Waals surface area (Å²) in [6.07, 6.45) is 12.8. The maximum Gasteiger partial charge on any atom is 0.0773 e. The molecular formula is C32H44N2S. The van der Waals surface area contributed by atoms with E-state index in [0.717, 1.165) is 18.4 Å². The first-order valence-corrected chi connectivity index (χ1v) is 15.0. The molecule has 1 fully saturated rings. The van der Waals surface area contributed by atoms with Crippen molar-refractivity contribution in [1.29, 1.82) is 0 Å². The number of nitrogens with zero attached hydrogens (tertiary/aromatic N) is 2. The van der Waals surface area contributed by atoms with Crippen LogP contribution in [0.3, 0.4) is 0 Å². The molecule has 1 heterocycles. The predicted octanol–water partition coefficient (Wildman–Crippen LogP) is 8.47. The summed E-state index contributed by atoms with van der Waals surface area (Å²) in [6, 6.07) is 20.5. The van der Waals surface area contributed by atoms with E-state index in [1.165, 1.54) is 85.1 Å². The smallest absolute Gasteiger partial charge is 0.0773 e. The number of benzene rings is 2. The normalized spacial score (nSPS) is 24.4. The van der Waals surface area contributed by atoms with E-state index in [0.29, 0.717) is 12.0 Å². The number of thioether (sulfide) groups is 1. The molecule has 0 aromatic heterocycles. The first-order valence-electron chi connectivity index (χ1n) is 13.7. The summed E-state index contributed by atoms with van der Waals surface area (Å²) in [5, 5.41) is 7.90. The number of allylic oxidation sites excluding steroid dienone is 1. The molecule has 0 radical (unpaired) electrons. The second kappa shape index (κ2) is 12.8. The molecule has 1 aliphatic heterocycles. The Balaban J connectivity index is 1.51. The molecule has 2 aliphatic rings. The number of hydrogen-bond acceptors (Lipinski definition) is 3. The van der Waals surface area contributed by atoms with Gasteiger partial charge in [-0.15, -0.1) is 6.58 Å². The monoisotopic (exact) mass is 488 g/mol. The molecule has 0 spiro atoms. The molecule has 0 bridgehead atoms. The van der Waals surface area contributed by atoms with E-state index in [2.05, 4.69) is 86.3 Å². The van der Waals surface area contributed by atoms with Gasteiger partial charge in [0.1, 0.15) is 0 Å². The highest BCUT2D eigenvalue weighted by Gasteiger charge is 2.39. The Hall–Kier alpha value is -2.00. The van der Waals surface area contributed by atoms with Gasteiger partial charge in [-0.2, -0.15) is 16.9 Å². The maximum absolute atomic E-state index is 5.39. The van der Waals surface area contributed by atoms with Crippen LogP contribution in [0.5, 0.6) is 0 Å². The Morgan fingerprint density at radius 1 is 1.00 bits per heavy atom. The number of hydrazone groups is 1. The number of aryl methyl sites for hydroxylation is 1. The minimum absolute atomic E-state index is 0.336. The first-order chi connectivity index (χ1) is 17.0. The van der Waals surface area contributed by atoms with Gasteiger partial charge < -0.3 is 0 Å². The van der Waals surface area contributed by atoms with Crippen molar-refractivity contribution in [3.8, 4) is 0 Å². The van der Waals surface area contributed by atoms with Gasteiger partial charge in [0.15, 0.2) is 0 Å². The van der Waals surface area contributed by atoms with E-state index in [9.17, 15) is 0 Å². The number of rotatable bonds is 11. The van der Waals surface area contributed by atoms with E-state index >= 15 is 0 Å². The second-order valence-electron chi connectivity index (χ2n) is 11.0. The minimum Gasteiger partial charge on any atom is -0.292 e. The molecule has 0 amide bonds. The van der Waals surface area contributed by atoms with E-state index in [4.69, 9.17) is 5.10 Å². The Kier molecular flexibility index (Phi) is 9.54. The van der Waals surface area contributed by atoms with Crippen molar-refractivity contribution < 1.29 is 0 Å². The van der Waals surface area contributed by atoms with Crippen molar-refractivity contribution in [2.45, 2.75) is 77.2 Å². The molecular weight excluding hydrogens is 444 g/mol. The van der Waals surface area contributed by atoms with Crippen LogP contribution in [0, 0.1) is 18.8 Å². The van der Waals surface area contributed by atoms with Crippen LogP contribution in [-0.4, -0.2) is 35.3 Å². The molecule has 1 saturated carbocycles. The van der Waals surface area contributed by atoms with Crippen LogP contribution < -0.4 is 0 Å². The average molecular weight is 489 g/mol. The van der Waals surface area contributed by atoms with Gasteiger partial charge in [0.25, 0.3) is 0 Å². The molecule has 188 valence electrons. The van der Waals surface area contributed by atoms with Crippen molar-refractivity contribution in [2.75, 3.05) is 18.6 Å². The fourth-order valence-electron chi connectivity index (χ4n) is 6.11. The van der Waals surface area contributed by atoms with E-state index in [1.807, 2.05) is 11.8 Å². The lowest BCUT2D eigenvalue weighted by molar-refractivity contribution is 0.146. The van der Waals surface area contributed by atoms with Gasteiger partial charge in [0.05, 0.1) is 17.7 Å². The maximum atomic E-state index is 5.39. The predicted molar refractivity (Wildman–Crippen MR) is 155 cm³/mol. The van der Waals surface area contributed by atoms with E-state index in [-0.39, 0.29) is 0 Å². The van der Waals surface area contributed by atoms with Crippen LogP contribution in [0.4, 0.5) is 0 Å². The van der Waals surface area contributed by atoms with Gasteiger partial charge in [0.2, 0.25) is 0 Å². The van der Waals surface area contributed by atoms with Gasteiger partial charge in [0, 0.05) is 6.54 Å². The quantitative estimate of drug-likeness (QED) is 0.295. The number of hydrogen-bond donors (Lipinski definition) is 0. The summed E-state index contributed by atoms with van der Waals surface area (Å²) in [5.41, 5.74) is 6.62. The molecule has 3 heteroatoms. The van der Waals surface area contributed by atoms with Gasteiger partial charge in [-0.25, -0.2) is 0 Å². The van der Waals surface area contributed by atoms with Gasteiger partial charge in [-0.05, 0) is 80.9 Å². The zero-order valence-electron chi connectivity index (χ0n) is 22.1. The lowest BCUT2D eigenvalue weighted by Crippen LogP contribution is -2.37. The molecule has 2 unspecified atom stereocenters. The van der Waals surface area contributed by atoms with Crippen LogP contribution in [0.25, 0.3) is 0 Å². The lowest BCUT2D eigenvalue weighted by atomic mass is 9.79. The largest absolute Gasteiger partial charge is 0.292 e. The van der Waals surface area contributed by atoms with Gasteiger partial charge in [-0.1, -0.05) is 85.0 Å². The molecule has 2 atom stereocenters. The molecule has 2 aromatic rings. The van der Waals surface area contributed by atoms with E-state index < -0.39 is 0 Å². The van der Waals surface area contributed by atoms with Crippen molar-refractivity contribution in [1.82, 2.24) is 5.01 Å². The van der Waals surface area contributed by atoms with Gasteiger partial charge >= 0.3 is 0 Å². The zero-order valence-corrected chi connectivity index (χ0v) is 22.9. The van der Waals surface area contributed by atoms with Crippen molar-refractivity contribution in [3.05, 3.63) is 83.4 Å². The third kappa shape index (κ3) is 7.03. The Morgan fingerprint density at radius 2 is 1.74 bits per heavy atom. The van der Waals surface area contributed by atoms with Crippen LogP contribution in [0.2, 0.25) is 0 Å². The highest BCUT2D eigenvalue weighted by atomic mass is 32.2. The summed E-state index contributed by atoms with van der Waals surface area (Å²) in [6.45, 7) is 9.56. The highest BCUT2D eigenvalue weighted by molar-refractivity contribution is 7.98. The molecule has 0 N–H and O–H groups in total. The standard InChI is InChI=1S/C32H44N2S/c1-24(2)10-8-12-26-16-18-27(19-17-26)23-34-30(20-21-35-4)31(29-15-9-11-25(3)22-29)32(33-34)28-13-6-5-7-14-28/h5-7,9,11,13-15,22,26-27,30-31H,1,8,10,12,16-21,23H2,2-4H3. The van der Waals surface area contributed by atoms with E-state index in [1.54, 1.807) is 0 Å². The topological polar surface area (TPSA) is 15.6 Å². The Bertz CT molecular complexity index is 974. The van der Waals surface area contributed by atoms with Crippen LogP contribution in [0.15, 0.2) is 71.9 Å². The van der Waals surface area contributed by atoms with Crippen molar-refractivity contribution in [2.24, 2.45) is 16.9 Å². The molecule has 4 rings (SSSR count). The molecule has 1 aliphatic carbocycles. The molecule has 2 aromatic carbocycles. The molecule has 35 heavy (non-hydrogen) atoms. The Labute approximate surface area is 218 Å². The Morgan fingerprint density at radius 3 is 2.43 bits per heavy atom. The van der Waals surface area contributed by atoms with Crippen LogP contribution >= 0.6 is 11.8 Å². The molecule has 2 nitrogen and oxygen atoms in total. The SMILES string of the molecule is C=C(C)CCCC1CCC(CN2N=C(c3ccccc3)C(c3cccc(C)c3)C2CCSC)CC1. The van der Waals surface area contributed by atoms with Crippen LogP contribution in [-0.2, 0) is 0 Å². The summed E-state index contributed by atoms with van der Waals surface area (Å²) < 4.78 is 0. The first kappa shape index (κ1) is 26.1. The van der Waals surface area contributed by atoms with Crippen LogP contribution in [0.1, 0.15) is 80.9 Å². The zero-order chi connectivity index (χ0) is 24.6. The third-order valence-corrected chi connectivity index (χ3v) is 8.66. The summed E-state index contributed by atoms with van der Waals surface area (Å²) in [7, 11) is 0. The van der Waals surface area contributed by atoms with Crippen molar-refractivity contribution in [3.63, 3.8) is 0 Å². The second-order valence-corrected chi connectivity index (χ2v) is 11.9. The highest BCUT2D eigenvalue weighted by Crippen LogP contribution is 2.39. The fourth-order valence-corrected chi connectivity index (χ4v) is 6.59. The summed E-state index contributed by atoms with van der Waals surface area (Å²) in [4.78, 5) is 0. The van der Waals surface area contributed by atoms with Crippen molar-refractivity contribution >= 4 is 17.5 Å².